The molecular formula is C20H26N5OS2+. The lowest BCUT2D eigenvalue weighted by atomic mass is 9.99. The Kier molecular flexibility index (Phi) is 4.88. The van der Waals surface area contributed by atoms with Gasteiger partial charge in [0.2, 0.25) is 5.89 Å². The predicted molar refractivity (Wildman–Crippen MR) is 110 cm³/mol. The van der Waals surface area contributed by atoms with E-state index < -0.39 is 0 Å². The Morgan fingerprint density at radius 2 is 1.89 bits per heavy atom. The maximum Gasteiger partial charge on any atom is 0.282 e. The third-order valence-corrected chi connectivity index (χ3v) is 7.89. The molecule has 0 atom stereocenters. The Balaban J connectivity index is 1.46. The fraction of sp³-hybridized carbons (Fsp3) is 0.600. The van der Waals surface area contributed by atoms with Crippen molar-refractivity contribution in [3.63, 3.8) is 0 Å². The van der Waals surface area contributed by atoms with E-state index >= 15 is 0 Å². The Hall–Kier alpha value is -1.51. The van der Waals surface area contributed by atoms with Crippen molar-refractivity contribution < 1.29 is 9.32 Å². The summed E-state index contributed by atoms with van der Waals surface area (Å²) in [5, 5.41) is 11.2. The minimum absolute atomic E-state index is 0.470. The second-order valence-electron chi connectivity index (χ2n) is 8.30. The molecule has 6 nitrogen and oxygen atoms in total. The van der Waals surface area contributed by atoms with Gasteiger partial charge >= 0.3 is 0 Å². The molecule has 2 fully saturated rings. The van der Waals surface area contributed by atoms with Crippen LogP contribution in [-0.2, 0) is 6.54 Å². The zero-order valence-electron chi connectivity index (χ0n) is 16.6. The largest absolute Gasteiger partial charge is 0.415 e. The highest BCUT2D eigenvalue weighted by molar-refractivity contribution is 7.99. The van der Waals surface area contributed by atoms with Gasteiger partial charge in [-0.05, 0) is 62.8 Å². The van der Waals surface area contributed by atoms with Crippen molar-refractivity contribution in [2.75, 3.05) is 13.1 Å². The number of quaternary nitrogens is 1. The Labute approximate surface area is 173 Å². The summed E-state index contributed by atoms with van der Waals surface area (Å²) in [6.07, 6.45) is 4.91. The van der Waals surface area contributed by atoms with Crippen molar-refractivity contribution in [3.8, 4) is 0 Å². The number of piperidine rings is 1. The molecule has 1 aliphatic carbocycles. The molecular weight excluding hydrogens is 390 g/mol. The Morgan fingerprint density at radius 1 is 1.11 bits per heavy atom. The number of fused-ring (bicyclic) bond motifs is 1. The second-order valence-corrected chi connectivity index (χ2v) is 10.4. The summed E-state index contributed by atoms with van der Waals surface area (Å²) in [6.45, 7) is 9.98. The molecule has 1 saturated carbocycles. The number of rotatable bonds is 5. The maximum atomic E-state index is 5.89. The van der Waals surface area contributed by atoms with E-state index in [0.29, 0.717) is 11.1 Å². The minimum atomic E-state index is 0.470. The summed E-state index contributed by atoms with van der Waals surface area (Å²) >= 11 is 3.25. The number of nitrogens with zero attached hydrogens (tertiary/aromatic N) is 4. The van der Waals surface area contributed by atoms with Gasteiger partial charge in [0.1, 0.15) is 16.4 Å². The number of hydrogen-bond donors (Lipinski definition) is 1. The van der Waals surface area contributed by atoms with Crippen molar-refractivity contribution in [2.24, 2.45) is 5.92 Å². The fourth-order valence-corrected chi connectivity index (χ4v) is 5.81. The molecule has 0 amide bonds. The van der Waals surface area contributed by atoms with E-state index in [1.165, 1.54) is 48.1 Å². The lowest BCUT2D eigenvalue weighted by Crippen LogP contribution is -3.11. The van der Waals surface area contributed by atoms with Gasteiger partial charge in [-0.15, -0.1) is 21.5 Å². The van der Waals surface area contributed by atoms with Crippen molar-refractivity contribution in [3.05, 3.63) is 22.2 Å². The molecule has 1 saturated heterocycles. The maximum absolute atomic E-state index is 5.89. The van der Waals surface area contributed by atoms with Crippen LogP contribution in [0.5, 0.6) is 0 Å². The summed E-state index contributed by atoms with van der Waals surface area (Å²) in [7, 11) is 0. The van der Waals surface area contributed by atoms with Gasteiger partial charge in [0.15, 0.2) is 5.82 Å². The average Bonchev–Trinajstić information content (AvgIpc) is 3.35. The smallest absolute Gasteiger partial charge is 0.282 e. The lowest BCUT2D eigenvalue weighted by Gasteiger charge is -2.26. The van der Waals surface area contributed by atoms with Crippen LogP contribution in [-0.4, -0.2) is 33.3 Å². The van der Waals surface area contributed by atoms with Crippen LogP contribution in [0.25, 0.3) is 10.2 Å². The van der Waals surface area contributed by atoms with Crippen molar-refractivity contribution >= 4 is 33.3 Å². The van der Waals surface area contributed by atoms with Gasteiger partial charge in [-0.3, -0.25) is 0 Å². The molecule has 8 heteroatoms. The quantitative estimate of drug-likeness (QED) is 0.642. The molecule has 148 valence electrons. The number of nitrogens with one attached hydrogen (secondary N) is 1. The minimum Gasteiger partial charge on any atom is -0.415 e. The van der Waals surface area contributed by atoms with Gasteiger partial charge in [0, 0.05) is 16.2 Å². The van der Waals surface area contributed by atoms with E-state index in [-0.39, 0.29) is 0 Å². The lowest BCUT2D eigenvalue weighted by molar-refractivity contribution is -0.920. The summed E-state index contributed by atoms with van der Waals surface area (Å²) in [4.78, 5) is 13.9. The van der Waals surface area contributed by atoms with Crippen molar-refractivity contribution in [2.45, 2.75) is 69.2 Å². The molecule has 3 aromatic heterocycles. The summed E-state index contributed by atoms with van der Waals surface area (Å²) in [6, 6.07) is 0. The molecule has 0 unspecified atom stereocenters. The first-order valence-corrected chi connectivity index (χ1v) is 11.8. The van der Waals surface area contributed by atoms with Crippen LogP contribution in [0, 0.1) is 19.8 Å². The number of likely N-dealkylation sites (tertiary alicyclic amines) is 1. The van der Waals surface area contributed by atoms with Crippen LogP contribution in [0.1, 0.15) is 60.7 Å². The summed E-state index contributed by atoms with van der Waals surface area (Å²) in [5.41, 5.74) is 1.26. The molecule has 2 aliphatic rings. The monoisotopic (exact) mass is 416 g/mol. The molecule has 28 heavy (non-hydrogen) atoms. The van der Waals surface area contributed by atoms with E-state index in [2.05, 4.69) is 31.0 Å². The normalized spacial score (nSPS) is 22.8. The first-order chi connectivity index (χ1) is 13.6. The van der Waals surface area contributed by atoms with Crippen molar-refractivity contribution in [1.29, 1.82) is 0 Å². The Bertz CT molecular complexity index is 1000. The van der Waals surface area contributed by atoms with E-state index in [9.17, 15) is 0 Å². The number of aromatic nitrogens is 4. The molecule has 0 aromatic carbocycles. The fourth-order valence-electron chi connectivity index (χ4n) is 3.82. The van der Waals surface area contributed by atoms with Crippen LogP contribution >= 0.6 is 23.1 Å². The van der Waals surface area contributed by atoms with Crippen LogP contribution < -0.4 is 4.90 Å². The second kappa shape index (κ2) is 7.39. The van der Waals surface area contributed by atoms with Crippen LogP contribution in [0.3, 0.4) is 0 Å². The first kappa shape index (κ1) is 18.5. The standard InChI is InChI=1S/C20H25N5OS2/c1-11-6-8-25(9-7-11)10-15-21-18-16(12(2)13(3)27-18)19(22-15)28-20-24-23-17(26-20)14-4-5-14/h11,14H,4-10H2,1-3H3/p+1. The number of hydrogen-bond acceptors (Lipinski definition) is 7. The molecule has 1 N–H and O–H groups in total. The number of aryl methyl sites for hydroxylation is 2. The van der Waals surface area contributed by atoms with Gasteiger partial charge in [-0.2, -0.15) is 0 Å². The third-order valence-electron chi connectivity index (χ3n) is 5.96. The van der Waals surface area contributed by atoms with Gasteiger partial charge in [-0.1, -0.05) is 6.92 Å². The highest BCUT2D eigenvalue weighted by Crippen LogP contribution is 2.42. The van der Waals surface area contributed by atoms with E-state index in [1.807, 2.05) is 0 Å². The van der Waals surface area contributed by atoms with Crippen molar-refractivity contribution in [1.82, 2.24) is 20.2 Å². The first-order valence-electron chi connectivity index (χ1n) is 10.2. The van der Waals surface area contributed by atoms with Gasteiger partial charge in [0.05, 0.1) is 13.1 Å². The zero-order valence-corrected chi connectivity index (χ0v) is 18.3. The summed E-state index contributed by atoms with van der Waals surface area (Å²) in [5.74, 6) is 3.03. The molecule has 0 bridgehead atoms. The zero-order chi connectivity index (χ0) is 19.3. The van der Waals surface area contributed by atoms with Crippen LogP contribution in [0.15, 0.2) is 14.7 Å². The van der Waals surface area contributed by atoms with Crippen LogP contribution in [0.2, 0.25) is 0 Å². The SMILES string of the molecule is Cc1sc2nc(C[NH+]3CCC(C)CC3)nc(Sc3nnc(C4CC4)o3)c2c1C. The molecule has 3 aromatic rings. The molecule has 5 rings (SSSR count). The Morgan fingerprint density at radius 3 is 2.64 bits per heavy atom. The van der Waals surface area contributed by atoms with Gasteiger partial charge in [-0.25, -0.2) is 9.97 Å². The topological polar surface area (TPSA) is 69.1 Å². The highest BCUT2D eigenvalue weighted by Gasteiger charge is 2.30. The third kappa shape index (κ3) is 3.69. The molecule has 0 spiro atoms. The van der Waals surface area contributed by atoms with Crippen LogP contribution in [0.4, 0.5) is 0 Å². The van der Waals surface area contributed by atoms with Gasteiger partial charge in [0.25, 0.3) is 5.22 Å². The van der Waals surface area contributed by atoms with E-state index in [4.69, 9.17) is 14.4 Å². The number of thiophene rings is 1. The van der Waals surface area contributed by atoms with E-state index in [1.54, 1.807) is 16.2 Å². The van der Waals surface area contributed by atoms with Gasteiger partial charge < -0.3 is 9.32 Å². The molecule has 1 aliphatic heterocycles. The molecule has 0 radical (unpaired) electrons. The highest BCUT2D eigenvalue weighted by atomic mass is 32.2. The summed E-state index contributed by atoms with van der Waals surface area (Å²) < 4.78 is 5.89. The average molecular weight is 417 g/mol. The van der Waals surface area contributed by atoms with E-state index in [0.717, 1.165) is 52.3 Å². The molecule has 4 heterocycles. The predicted octanol–water partition coefficient (Wildman–Crippen LogP) is 3.53.